The molecule has 0 spiro atoms. The van der Waals surface area contributed by atoms with Crippen LogP contribution in [0.4, 0.5) is 0 Å². The highest BCUT2D eigenvalue weighted by Gasteiger charge is 2.37. The fraction of sp³-hybridized carbons (Fsp3) is 0.474. The quantitative estimate of drug-likeness (QED) is 0.784. The van der Waals surface area contributed by atoms with Crippen LogP contribution in [0.5, 0.6) is 5.75 Å². The molecule has 2 aromatic rings. The number of amides is 1. The summed E-state index contributed by atoms with van der Waals surface area (Å²) in [7, 11) is 0. The molecule has 1 saturated carbocycles. The molecule has 0 bridgehead atoms. The van der Waals surface area contributed by atoms with Crippen LogP contribution < -0.4 is 4.74 Å². The highest BCUT2D eigenvalue weighted by atomic mass is 35.5. The van der Waals surface area contributed by atoms with Gasteiger partial charge >= 0.3 is 0 Å². The summed E-state index contributed by atoms with van der Waals surface area (Å²) in [5.41, 5.74) is 0.510. The van der Waals surface area contributed by atoms with Crippen molar-refractivity contribution < 1.29 is 14.3 Å². The highest BCUT2D eigenvalue weighted by molar-refractivity contribution is 7.09. The average Bonchev–Trinajstić information content (AvgIpc) is 3.15. The fourth-order valence-electron chi connectivity index (χ4n) is 3.65. The van der Waals surface area contributed by atoms with Crippen molar-refractivity contribution in [2.75, 3.05) is 13.2 Å². The van der Waals surface area contributed by atoms with E-state index in [4.69, 9.17) is 21.1 Å². The number of ether oxygens (including phenoxy) is 2. The Hall–Kier alpha value is -1.63. The molecule has 1 aromatic carbocycles. The molecule has 26 heavy (non-hydrogen) atoms. The van der Waals surface area contributed by atoms with Crippen LogP contribution in [0.3, 0.4) is 0 Å². The predicted octanol–water partition coefficient (Wildman–Crippen LogP) is 4.16. The van der Waals surface area contributed by atoms with Gasteiger partial charge in [0.05, 0.1) is 18.8 Å². The Labute approximate surface area is 161 Å². The summed E-state index contributed by atoms with van der Waals surface area (Å²) in [5, 5.41) is 3.29. The van der Waals surface area contributed by atoms with Crippen molar-refractivity contribution in [1.82, 2.24) is 9.88 Å². The van der Waals surface area contributed by atoms with Gasteiger partial charge in [-0.1, -0.05) is 24.4 Å². The zero-order valence-corrected chi connectivity index (χ0v) is 16.0. The molecule has 2 fully saturated rings. The minimum absolute atomic E-state index is 0.0131. The van der Waals surface area contributed by atoms with Crippen molar-refractivity contribution in [3.05, 3.63) is 45.4 Å². The maximum atomic E-state index is 12.9. The third-order valence-electron chi connectivity index (χ3n) is 4.94. The van der Waals surface area contributed by atoms with E-state index in [1.807, 2.05) is 22.4 Å². The van der Waals surface area contributed by atoms with Crippen molar-refractivity contribution in [3.63, 3.8) is 0 Å². The van der Waals surface area contributed by atoms with Gasteiger partial charge in [0.1, 0.15) is 23.1 Å². The minimum Gasteiger partial charge on any atom is -0.486 e. The molecule has 0 radical (unpaired) electrons. The van der Waals surface area contributed by atoms with Crippen LogP contribution in [-0.4, -0.2) is 41.1 Å². The first kappa shape index (κ1) is 17.8. The molecule has 5 nitrogen and oxygen atoms in total. The number of thiazole rings is 1. The molecule has 2 atom stereocenters. The zero-order chi connectivity index (χ0) is 17.9. The van der Waals surface area contributed by atoms with E-state index in [9.17, 15) is 4.79 Å². The lowest BCUT2D eigenvalue weighted by Gasteiger charge is -2.43. The van der Waals surface area contributed by atoms with E-state index in [0.717, 1.165) is 30.0 Å². The topological polar surface area (TPSA) is 51.7 Å². The molecule has 2 aliphatic rings. The monoisotopic (exact) mass is 392 g/mol. The zero-order valence-electron chi connectivity index (χ0n) is 14.4. The molecule has 1 aliphatic heterocycles. The molecular weight excluding hydrogens is 372 g/mol. The van der Waals surface area contributed by atoms with Crippen LogP contribution in [0.1, 0.15) is 41.2 Å². The van der Waals surface area contributed by atoms with E-state index < -0.39 is 0 Å². The van der Waals surface area contributed by atoms with Crippen molar-refractivity contribution in [2.24, 2.45) is 0 Å². The Morgan fingerprint density at radius 1 is 1.31 bits per heavy atom. The SMILES string of the molecule is O=C(c1csc(COc2ccc(Cl)cc2)n1)N1CCO[C@H]2CCCC[C@H]21. The third-order valence-corrected chi connectivity index (χ3v) is 6.01. The number of halogens is 1. The maximum absolute atomic E-state index is 12.9. The summed E-state index contributed by atoms with van der Waals surface area (Å²) in [6.45, 7) is 1.60. The van der Waals surface area contributed by atoms with E-state index in [1.54, 1.807) is 12.1 Å². The lowest BCUT2D eigenvalue weighted by atomic mass is 9.90. The molecule has 2 heterocycles. The second-order valence-electron chi connectivity index (χ2n) is 6.63. The molecule has 0 unspecified atom stereocenters. The first-order chi connectivity index (χ1) is 12.7. The molecule has 7 heteroatoms. The molecule has 1 amide bonds. The van der Waals surface area contributed by atoms with Crippen LogP contribution in [0, 0.1) is 0 Å². The summed E-state index contributed by atoms with van der Waals surface area (Å²) >= 11 is 7.33. The van der Waals surface area contributed by atoms with E-state index >= 15 is 0 Å². The van der Waals surface area contributed by atoms with E-state index in [0.29, 0.717) is 30.5 Å². The smallest absolute Gasteiger partial charge is 0.273 e. The Kier molecular flexibility index (Phi) is 5.43. The Bertz CT molecular complexity index is 762. The summed E-state index contributed by atoms with van der Waals surface area (Å²) < 4.78 is 11.6. The van der Waals surface area contributed by atoms with Gasteiger partial charge in [-0.15, -0.1) is 11.3 Å². The van der Waals surface area contributed by atoms with Gasteiger partial charge in [-0.05, 0) is 37.1 Å². The van der Waals surface area contributed by atoms with Crippen molar-refractivity contribution in [3.8, 4) is 5.75 Å². The first-order valence-electron chi connectivity index (χ1n) is 8.96. The Morgan fingerprint density at radius 2 is 2.12 bits per heavy atom. The van der Waals surface area contributed by atoms with Gasteiger partial charge in [-0.2, -0.15) is 0 Å². The Balaban J connectivity index is 1.40. The van der Waals surface area contributed by atoms with Crippen molar-refractivity contribution in [1.29, 1.82) is 0 Å². The molecule has 1 aliphatic carbocycles. The number of carbonyl (C=O) groups is 1. The number of hydrogen-bond donors (Lipinski definition) is 0. The third kappa shape index (κ3) is 3.87. The number of aromatic nitrogens is 1. The molecular formula is C19H21ClN2O3S. The highest BCUT2D eigenvalue weighted by Crippen LogP contribution is 2.29. The number of nitrogens with zero attached hydrogens (tertiary/aromatic N) is 2. The minimum atomic E-state index is 0.0131. The lowest BCUT2D eigenvalue weighted by molar-refractivity contribution is -0.0754. The van der Waals surface area contributed by atoms with Gasteiger partial charge in [-0.25, -0.2) is 4.98 Å². The van der Waals surface area contributed by atoms with Gasteiger partial charge in [0.2, 0.25) is 0 Å². The van der Waals surface area contributed by atoms with Crippen molar-refractivity contribution >= 4 is 28.8 Å². The first-order valence-corrected chi connectivity index (χ1v) is 10.2. The second-order valence-corrected chi connectivity index (χ2v) is 8.01. The second kappa shape index (κ2) is 7.94. The number of fused-ring (bicyclic) bond motifs is 1. The Morgan fingerprint density at radius 3 is 2.96 bits per heavy atom. The summed E-state index contributed by atoms with van der Waals surface area (Å²) in [5.74, 6) is 0.745. The predicted molar refractivity (Wildman–Crippen MR) is 101 cm³/mol. The number of hydrogen-bond acceptors (Lipinski definition) is 5. The van der Waals surface area contributed by atoms with Crippen molar-refractivity contribution in [2.45, 2.75) is 44.4 Å². The summed E-state index contributed by atoms with van der Waals surface area (Å²) in [6.07, 6.45) is 4.60. The number of carbonyl (C=O) groups excluding carboxylic acids is 1. The van der Waals surface area contributed by atoms with Gasteiger partial charge in [0, 0.05) is 16.9 Å². The standard InChI is InChI=1S/C19H21ClN2O3S/c20-13-5-7-14(8-6-13)25-11-18-21-15(12-26-18)19(23)22-9-10-24-17-4-2-1-3-16(17)22/h5-8,12,16-17H,1-4,9-11H2/t16-,17+/m1/s1. The molecule has 1 aromatic heterocycles. The molecule has 4 rings (SSSR count). The number of rotatable bonds is 4. The molecule has 138 valence electrons. The van der Waals surface area contributed by atoms with E-state index in [2.05, 4.69) is 4.98 Å². The lowest BCUT2D eigenvalue weighted by Crippen LogP contribution is -2.54. The average molecular weight is 393 g/mol. The molecule has 0 N–H and O–H groups in total. The number of benzene rings is 1. The van der Waals surface area contributed by atoms with Crippen LogP contribution in [0.15, 0.2) is 29.6 Å². The largest absolute Gasteiger partial charge is 0.486 e. The van der Waals surface area contributed by atoms with Crippen LogP contribution >= 0.6 is 22.9 Å². The van der Waals surface area contributed by atoms with Gasteiger partial charge in [0.15, 0.2) is 0 Å². The molecule has 1 saturated heterocycles. The van der Waals surface area contributed by atoms with Gasteiger partial charge < -0.3 is 14.4 Å². The summed E-state index contributed by atoms with van der Waals surface area (Å²) in [4.78, 5) is 19.4. The van der Waals surface area contributed by atoms with Crippen LogP contribution in [0.25, 0.3) is 0 Å². The van der Waals surface area contributed by atoms with E-state index in [-0.39, 0.29) is 18.1 Å². The number of morpholine rings is 1. The normalized spacial score (nSPS) is 22.7. The van der Waals surface area contributed by atoms with Gasteiger partial charge in [-0.3, -0.25) is 4.79 Å². The van der Waals surface area contributed by atoms with Gasteiger partial charge in [0.25, 0.3) is 5.91 Å². The fourth-order valence-corrected chi connectivity index (χ4v) is 4.45. The van der Waals surface area contributed by atoms with Crippen LogP contribution in [-0.2, 0) is 11.3 Å². The van der Waals surface area contributed by atoms with Crippen LogP contribution in [0.2, 0.25) is 5.02 Å². The summed E-state index contributed by atoms with van der Waals surface area (Å²) in [6, 6.07) is 7.40. The maximum Gasteiger partial charge on any atom is 0.273 e. The van der Waals surface area contributed by atoms with E-state index in [1.165, 1.54) is 17.8 Å².